The quantitative estimate of drug-likeness (QED) is 0.477. The maximum absolute atomic E-state index is 11.6. The zero-order valence-corrected chi connectivity index (χ0v) is 16.3. The van der Waals surface area contributed by atoms with Gasteiger partial charge in [0.05, 0.1) is 10.7 Å². The molecular weight excluding hydrogens is 393 g/mol. The highest BCUT2D eigenvalue weighted by Gasteiger charge is 2.18. The average molecular weight is 408 g/mol. The molecule has 0 radical (unpaired) electrons. The fourth-order valence-corrected chi connectivity index (χ4v) is 4.02. The molecule has 134 valence electrons. The van der Waals surface area contributed by atoms with Crippen molar-refractivity contribution in [3.05, 3.63) is 68.5 Å². The first kappa shape index (κ1) is 18.6. The minimum Gasteiger partial charge on any atom is -0.477 e. The highest BCUT2D eigenvalue weighted by atomic mass is 35.5. The van der Waals surface area contributed by atoms with E-state index in [1.54, 1.807) is 24.3 Å². The SMILES string of the molecule is Cc1ccc(ONc2cc(-c3ccc(Cl)cc3Cl)sc2C(=O)O)c(C)c1. The first-order valence-corrected chi connectivity index (χ1v) is 9.25. The van der Waals surface area contributed by atoms with Crippen LogP contribution in [0.5, 0.6) is 5.75 Å². The summed E-state index contributed by atoms with van der Waals surface area (Å²) in [6.07, 6.45) is 0. The summed E-state index contributed by atoms with van der Waals surface area (Å²) in [4.78, 5) is 18.0. The number of halogens is 2. The molecule has 3 rings (SSSR count). The zero-order valence-electron chi connectivity index (χ0n) is 14.0. The number of aromatic carboxylic acids is 1. The Labute approximate surface area is 164 Å². The topological polar surface area (TPSA) is 58.6 Å². The van der Waals surface area contributed by atoms with E-state index in [0.29, 0.717) is 31.9 Å². The number of hydrogen-bond donors (Lipinski definition) is 2. The van der Waals surface area contributed by atoms with Gasteiger partial charge in [-0.15, -0.1) is 11.3 Å². The molecule has 0 spiro atoms. The summed E-state index contributed by atoms with van der Waals surface area (Å²) in [5.74, 6) is -0.415. The minimum atomic E-state index is -1.04. The predicted octanol–water partition coefficient (Wildman–Crippen LogP) is 6.44. The van der Waals surface area contributed by atoms with Crippen LogP contribution in [-0.2, 0) is 0 Å². The van der Waals surface area contributed by atoms with Gasteiger partial charge in [0.1, 0.15) is 4.88 Å². The van der Waals surface area contributed by atoms with E-state index in [9.17, 15) is 9.90 Å². The normalized spacial score (nSPS) is 10.6. The van der Waals surface area contributed by atoms with E-state index in [2.05, 4.69) is 5.48 Å². The second-order valence-corrected chi connectivity index (χ2v) is 7.65. The van der Waals surface area contributed by atoms with Crippen molar-refractivity contribution < 1.29 is 14.7 Å². The van der Waals surface area contributed by atoms with E-state index < -0.39 is 5.97 Å². The fourth-order valence-electron chi connectivity index (χ4n) is 2.47. The van der Waals surface area contributed by atoms with Gasteiger partial charge in [0.15, 0.2) is 5.75 Å². The highest BCUT2D eigenvalue weighted by Crippen LogP contribution is 2.39. The summed E-state index contributed by atoms with van der Waals surface area (Å²) < 4.78 is 0. The lowest BCUT2D eigenvalue weighted by molar-refractivity contribution is 0.0702. The van der Waals surface area contributed by atoms with Crippen molar-refractivity contribution in [2.24, 2.45) is 0 Å². The van der Waals surface area contributed by atoms with E-state index in [-0.39, 0.29) is 4.88 Å². The molecule has 2 aromatic carbocycles. The molecule has 7 heteroatoms. The largest absolute Gasteiger partial charge is 0.477 e. The van der Waals surface area contributed by atoms with Crippen LogP contribution in [0.3, 0.4) is 0 Å². The van der Waals surface area contributed by atoms with E-state index in [0.717, 1.165) is 22.5 Å². The molecule has 0 aliphatic carbocycles. The van der Waals surface area contributed by atoms with Crippen LogP contribution in [0.4, 0.5) is 5.69 Å². The number of aryl methyl sites for hydroxylation is 2. The van der Waals surface area contributed by atoms with Crippen LogP contribution in [0.2, 0.25) is 10.0 Å². The van der Waals surface area contributed by atoms with Crippen molar-refractivity contribution in [3.63, 3.8) is 0 Å². The van der Waals surface area contributed by atoms with Gasteiger partial charge in [-0.3, -0.25) is 0 Å². The molecule has 0 atom stereocenters. The Balaban J connectivity index is 1.91. The summed E-state index contributed by atoms with van der Waals surface area (Å²) in [7, 11) is 0. The molecule has 1 aromatic heterocycles. The third kappa shape index (κ3) is 3.96. The molecule has 0 unspecified atom stereocenters. The first-order chi connectivity index (χ1) is 12.3. The van der Waals surface area contributed by atoms with Crippen molar-refractivity contribution >= 4 is 46.2 Å². The molecule has 0 aliphatic heterocycles. The van der Waals surface area contributed by atoms with Crippen molar-refractivity contribution in [3.8, 4) is 16.2 Å². The third-order valence-electron chi connectivity index (χ3n) is 3.72. The molecule has 4 nitrogen and oxygen atoms in total. The lowest BCUT2D eigenvalue weighted by atomic mass is 10.1. The Hall–Kier alpha value is -2.21. The van der Waals surface area contributed by atoms with E-state index in [1.807, 2.05) is 32.0 Å². The summed E-state index contributed by atoms with van der Waals surface area (Å²) in [6.45, 7) is 3.92. The number of benzene rings is 2. The molecule has 0 aliphatic rings. The lowest BCUT2D eigenvalue weighted by Gasteiger charge is -2.10. The Bertz CT molecular complexity index is 985. The van der Waals surface area contributed by atoms with Gasteiger partial charge in [-0.25, -0.2) is 10.3 Å². The van der Waals surface area contributed by atoms with Gasteiger partial charge in [0, 0.05) is 15.5 Å². The van der Waals surface area contributed by atoms with E-state index in [1.165, 1.54) is 0 Å². The van der Waals surface area contributed by atoms with Gasteiger partial charge in [-0.05, 0) is 43.7 Å². The summed E-state index contributed by atoms with van der Waals surface area (Å²) in [5, 5.41) is 10.5. The molecule has 0 fully saturated rings. The van der Waals surface area contributed by atoms with Gasteiger partial charge in [0.25, 0.3) is 0 Å². The average Bonchev–Trinajstić information content (AvgIpc) is 2.98. The van der Waals surface area contributed by atoms with Crippen molar-refractivity contribution in [1.82, 2.24) is 0 Å². The van der Waals surface area contributed by atoms with Gasteiger partial charge in [-0.2, -0.15) is 0 Å². The molecule has 3 aromatic rings. The third-order valence-corrected chi connectivity index (χ3v) is 5.43. The van der Waals surface area contributed by atoms with E-state index in [4.69, 9.17) is 28.0 Å². The Morgan fingerprint density at radius 1 is 1.12 bits per heavy atom. The molecule has 0 saturated carbocycles. The Morgan fingerprint density at radius 2 is 1.88 bits per heavy atom. The number of thiophene rings is 1. The monoisotopic (exact) mass is 407 g/mol. The zero-order chi connectivity index (χ0) is 18.8. The van der Waals surface area contributed by atoms with Gasteiger partial charge in [0.2, 0.25) is 0 Å². The van der Waals surface area contributed by atoms with Crippen molar-refractivity contribution in [2.75, 3.05) is 5.48 Å². The second-order valence-electron chi connectivity index (χ2n) is 5.76. The van der Waals surface area contributed by atoms with Crippen molar-refractivity contribution in [1.29, 1.82) is 0 Å². The van der Waals surface area contributed by atoms with Gasteiger partial charge in [-0.1, -0.05) is 47.0 Å². The number of anilines is 1. The fraction of sp³-hybridized carbons (Fsp3) is 0.105. The Morgan fingerprint density at radius 3 is 2.54 bits per heavy atom. The molecular formula is C19H15Cl2NO3S. The van der Waals surface area contributed by atoms with Gasteiger partial charge < -0.3 is 9.94 Å². The van der Waals surface area contributed by atoms with Crippen LogP contribution in [-0.4, -0.2) is 11.1 Å². The summed E-state index contributed by atoms with van der Waals surface area (Å²) in [5.41, 5.74) is 5.90. The Kier molecular flexibility index (Phi) is 5.41. The number of nitrogens with one attached hydrogen (secondary N) is 1. The van der Waals surface area contributed by atoms with Crippen LogP contribution < -0.4 is 10.3 Å². The smallest absolute Gasteiger partial charge is 0.348 e. The van der Waals surface area contributed by atoms with Crippen LogP contribution in [0.15, 0.2) is 42.5 Å². The maximum atomic E-state index is 11.6. The van der Waals surface area contributed by atoms with Crippen LogP contribution >= 0.6 is 34.5 Å². The molecule has 0 saturated heterocycles. The number of carboxylic acids is 1. The van der Waals surface area contributed by atoms with Crippen molar-refractivity contribution in [2.45, 2.75) is 13.8 Å². The molecule has 0 amide bonds. The number of carboxylic acid groups (broad SMARTS) is 1. The second kappa shape index (κ2) is 7.58. The molecule has 0 bridgehead atoms. The summed E-state index contributed by atoms with van der Waals surface area (Å²) in [6, 6.07) is 12.5. The summed E-state index contributed by atoms with van der Waals surface area (Å²) >= 11 is 13.3. The molecule has 1 heterocycles. The van der Waals surface area contributed by atoms with Gasteiger partial charge >= 0.3 is 5.97 Å². The highest BCUT2D eigenvalue weighted by molar-refractivity contribution is 7.18. The van der Waals surface area contributed by atoms with Crippen LogP contribution in [0.1, 0.15) is 20.8 Å². The predicted molar refractivity (Wildman–Crippen MR) is 107 cm³/mol. The number of hydrogen-bond acceptors (Lipinski definition) is 4. The number of carbonyl (C=O) groups is 1. The van der Waals surface area contributed by atoms with Crippen LogP contribution in [0, 0.1) is 13.8 Å². The maximum Gasteiger partial charge on any atom is 0.348 e. The standard InChI is InChI=1S/C19H15Cl2NO3S/c1-10-3-6-16(11(2)7-10)25-22-15-9-17(26-18(15)19(23)24)13-5-4-12(20)8-14(13)21/h3-9,22H,1-2H3,(H,23,24). The molecule has 2 N–H and O–H groups in total. The molecule has 26 heavy (non-hydrogen) atoms. The lowest BCUT2D eigenvalue weighted by Crippen LogP contribution is -2.08. The number of rotatable bonds is 5. The first-order valence-electron chi connectivity index (χ1n) is 7.68. The van der Waals surface area contributed by atoms with E-state index >= 15 is 0 Å². The minimum absolute atomic E-state index is 0.135. The van der Waals surface area contributed by atoms with Crippen LogP contribution in [0.25, 0.3) is 10.4 Å².